The highest BCUT2D eigenvalue weighted by Crippen LogP contribution is 2.64. The SMILES string of the molecule is Cc1ccc(C2(CO)CC2(C)C)o1. The Hall–Kier alpha value is -0.760. The van der Waals surface area contributed by atoms with Crippen molar-refractivity contribution < 1.29 is 9.52 Å². The highest BCUT2D eigenvalue weighted by atomic mass is 16.3. The number of hydrogen-bond acceptors (Lipinski definition) is 2. The van der Waals surface area contributed by atoms with Gasteiger partial charge in [0.25, 0.3) is 0 Å². The Morgan fingerprint density at radius 1 is 1.46 bits per heavy atom. The Morgan fingerprint density at radius 2 is 2.08 bits per heavy atom. The Balaban J connectivity index is 2.35. The van der Waals surface area contributed by atoms with Crippen LogP contribution < -0.4 is 0 Å². The molecule has 0 bridgehead atoms. The molecule has 1 heterocycles. The molecule has 1 N–H and O–H groups in total. The molecule has 1 aromatic heterocycles. The second-order valence-corrected chi connectivity index (χ2v) is 4.71. The molecule has 0 spiro atoms. The number of aryl methyl sites for hydroxylation is 1. The van der Waals surface area contributed by atoms with Crippen LogP contribution in [0.25, 0.3) is 0 Å². The van der Waals surface area contributed by atoms with Gasteiger partial charge in [-0.2, -0.15) is 0 Å². The topological polar surface area (TPSA) is 33.4 Å². The quantitative estimate of drug-likeness (QED) is 0.757. The number of hydrogen-bond donors (Lipinski definition) is 1. The van der Waals surface area contributed by atoms with Gasteiger partial charge in [-0.05, 0) is 30.9 Å². The minimum atomic E-state index is -0.110. The van der Waals surface area contributed by atoms with E-state index in [-0.39, 0.29) is 17.4 Å². The van der Waals surface area contributed by atoms with Crippen LogP contribution in [0.15, 0.2) is 16.5 Å². The average molecular weight is 180 g/mol. The van der Waals surface area contributed by atoms with Crippen LogP contribution in [0.5, 0.6) is 0 Å². The van der Waals surface area contributed by atoms with Gasteiger partial charge in [0.1, 0.15) is 11.5 Å². The molecular weight excluding hydrogens is 164 g/mol. The maximum Gasteiger partial charge on any atom is 0.113 e. The largest absolute Gasteiger partial charge is 0.466 e. The molecule has 0 radical (unpaired) electrons. The molecule has 1 aliphatic rings. The van der Waals surface area contributed by atoms with Crippen LogP contribution in [0.4, 0.5) is 0 Å². The number of aliphatic hydroxyl groups excluding tert-OH is 1. The highest BCUT2D eigenvalue weighted by molar-refractivity contribution is 5.31. The maximum absolute atomic E-state index is 9.39. The lowest BCUT2D eigenvalue weighted by molar-refractivity contribution is 0.210. The van der Waals surface area contributed by atoms with E-state index in [0.29, 0.717) is 0 Å². The van der Waals surface area contributed by atoms with E-state index in [1.807, 2.05) is 19.1 Å². The van der Waals surface area contributed by atoms with Gasteiger partial charge in [-0.1, -0.05) is 13.8 Å². The summed E-state index contributed by atoms with van der Waals surface area (Å²) in [5.41, 5.74) is 0.0767. The zero-order valence-corrected chi connectivity index (χ0v) is 8.42. The van der Waals surface area contributed by atoms with Gasteiger partial charge < -0.3 is 9.52 Å². The van der Waals surface area contributed by atoms with Crippen molar-refractivity contribution in [2.24, 2.45) is 5.41 Å². The van der Waals surface area contributed by atoms with Gasteiger partial charge in [-0.15, -0.1) is 0 Å². The van der Waals surface area contributed by atoms with Crippen molar-refractivity contribution in [3.8, 4) is 0 Å². The first kappa shape index (κ1) is 8.82. The van der Waals surface area contributed by atoms with Gasteiger partial charge in [0.15, 0.2) is 0 Å². The third kappa shape index (κ3) is 1.05. The lowest BCUT2D eigenvalue weighted by atomic mass is 9.94. The van der Waals surface area contributed by atoms with Crippen molar-refractivity contribution in [1.29, 1.82) is 0 Å². The molecule has 2 nitrogen and oxygen atoms in total. The number of aliphatic hydroxyl groups is 1. The summed E-state index contributed by atoms with van der Waals surface area (Å²) in [5, 5.41) is 9.39. The predicted molar refractivity (Wildman–Crippen MR) is 50.6 cm³/mol. The first-order valence-electron chi connectivity index (χ1n) is 4.70. The second kappa shape index (κ2) is 2.38. The molecule has 2 rings (SSSR count). The normalized spacial score (nSPS) is 30.5. The van der Waals surface area contributed by atoms with Crippen molar-refractivity contribution in [3.05, 3.63) is 23.7 Å². The molecule has 1 aromatic rings. The van der Waals surface area contributed by atoms with E-state index in [9.17, 15) is 5.11 Å². The molecule has 1 aliphatic carbocycles. The number of rotatable bonds is 2. The molecule has 0 amide bonds. The first-order chi connectivity index (χ1) is 6.02. The maximum atomic E-state index is 9.39. The fourth-order valence-electron chi connectivity index (χ4n) is 2.17. The van der Waals surface area contributed by atoms with Crippen LogP contribution in [0.3, 0.4) is 0 Å². The number of furan rings is 1. The third-order valence-electron chi connectivity index (χ3n) is 3.40. The molecule has 72 valence electrons. The molecule has 2 heteroatoms. The van der Waals surface area contributed by atoms with Gasteiger partial charge >= 0.3 is 0 Å². The average Bonchev–Trinajstić information content (AvgIpc) is 2.43. The standard InChI is InChI=1S/C11H16O2/c1-8-4-5-9(13-8)11(7-12)6-10(11,2)3/h4-5,12H,6-7H2,1-3H3. The van der Waals surface area contributed by atoms with Crippen LogP contribution in [0.1, 0.15) is 31.8 Å². The minimum Gasteiger partial charge on any atom is -0.466 e. The molecule has 1 fully saturated rings. The van der Waals surface area contributed by atoms with Crippen molar-refractivity contribution in [1.82, 2.24) is 0 Å². The molecule has 0 aliphatic heterocycles. The lowest BCUT2D eigenvalue weighted by Crippen LogP contribution is -2.18. The third-order valence-corrected chi connectivity index (χ3v) is 3.40. The van der Waals surface area contributed by atoms with Crippen LogP contribution >= 0.6 is 0 Å². The Labute approximate surface area is 78.6 Å². The molecule has 1 unspecified atom stereocenters. The van der Waals surface area contributed by atoms with Crippen molar-refractivity contribution in [2.75, 3.05) is 6.61 Å². The predicted octanol–water partition coefficient (Wildman–Crippen LogP) is 2.25. The van der Waals surface area contributed by atoms with E-state index in [1.165, 1.54) is 0 Å². The molecule has 1 atom stereocenters. The van der Waals surface area contributed by atoms with Crippen molar-refractivity contribution >= 4 is 0 Å². The summed E-state index contributed by atoms with van der Waals surface area (Å²) in [6.45, 7) is 6.46. The van der Waals surface area contributed by atoms with Gasteiger partial charge in [0.2, 0.25) is 0 Å². The van der Waals surface area contributed by atoms with E-state index in [1.54, 1.807) is 0 Å². The second-order valence-electron chi connectivity index (χ2n) is 4.71. The molecular formula is C11H16O2. The van der Waals surface area contributed by atoms with Crippen LogP contribution in [-0.4, -0.2) is 11.7 Å². The van der Waals surface area contributed by atoms with Gasteiger partial charge in [0.05, 0.1) is 12.0 Å². The summed E-state index contributed by atoms with van der Waals surface area (Å²) in [7, 11) is 0. The Kier molecular flexibility index (Phi) is 1.62. The zero-order valence-electron chi connectivity index (χ0n) is 8.42. The summed E-state index contributed by atoms with van der Waals surface area (Å²) in [6, 6.07) is 3.95. The first-order valence-corrected chi connectivity index (χ1v) is 4.70. The summed E-state index contributed by atoms with van der Waals surface area (Å²) >= 11 is 0. The fraction of sp³-hybridized carbons (Fsp3) is 0.636. The van der Waals surface area contributed by atoms with E-state index < -0.39 is 0 Å². The van der Waals surface area contributed by atoms with Gasteiger partial charge in [-0.3, -0.25) is 0 Å². The van der Waals surface area contributed by atoms with E-state index >= 15 is 0 Å². The van der Waals surface area contributed by atoms with Crippen LogP contribution in [0, 0.1) is 12.3 Å². The van der Waals surface area contributed by atoms with E-state index in [2.05, 4.69) is 13.8 Å². The summed E-state index contributed by atoms with van der Waals surface area (Å²) in [6.07, 6.45) is 1.02. The van der Waals surface area contributed by atoms with Gasteiger partial charge in [0, 0.05) is 0 Å². The van der Waals surface area contributed by atoms with Gasteiger partial charge in [-0.25, -0.2) is 0 Å². The fourth-order valence-corrected chi connectivity index (χ4v) is 2.17. The summed E-state index contributed by atoms with van der Waals surface area (Å²) in [4.78, 5) is 0. The minimum absolute atomic E-state index is 0.110. The molecule has 0 aromatic carbocycles. The summed E-state index contributed by atoms with van der Waals surface area (Å²) < 4.78 is 5.58. The van der Waals surface area contributed by atoms with Crippen LogP contribution in [-0.2, 0) is 5.41 Å². The Bertz CT molecular complexity index is 325. The van der Waals surface area contributed by atoms with Crippen molar-refractivity contribution in [3.63, 3.8) is 0 Å². The van der Waals surface area contributed by atoms with Crippen LogP contribution in [0.2, 0.25) is 0 Å². The lowest BCUT2D eigenvalue weighted by Gasteiger charge is -2.14. The highest BCUT2D eigenvalue weighted by Gasteiger charge is 2.63. The van der Waals surface area contributed by atoms with E-state index in [0.717, 1.165) is 17.9 Å². The monoisotopic (exact) mass is 180 g/mol. The van der Waals surface area contributed by atoms with E-state index in [4.69, 9.17) is 4.42 Å². The zero-order chi connectivity index (χ0) is 9.69. The summed E-state index contributed by atoms with van der Waals surface area (Å²) in [5.74, 6) is 1.86. The van der Waals surface area contributed by atoms with Crippen molar-refractivity contribution in [2.45, 2.75) is 32.6 Å². The molecule has 0 saturated heterocycles. The molecule has 1 saturated carbocycles. The Morgan fingerprint density at radius 3 is 2.38 bits per heavy atom. The molecule has 13 heavy (non-hydrogen) atoms. The smallest absolute Gasteiger partial charge is 0.113 e.